The Morgan fingerprint density at radius 2 is 1.81 bits per heavy atom. The molecule has 1 N–H and O–H groups in total. The standard InChI is InChI=1S/C24H20N2O5/c1-29-22(27)17-6-3-2-5-16(17)18-7-4-8-21(25-18)26-23(28)24(11-12-24)15-9-10-19-20(13-15)31-14-30-19/h2-10,13H,11-12,14H2,1H3,(H,25,26,28). The first-order chi connectivity index (χ1) is 15.1. The highest BCUT2D eigenvalue weighted by Gasteiger charge is 2.51. The number of fused-ring (bicyclic) bond motifs is 1. The summed E-state index contributed by atoms with van der Waals surface area (Å²) >= 11 is 0. The van der Waals surface area contributed by atoms with Crippen LogP contribution in [0.25, 0.3) is 11.3 Å². The van der Waals surface area contributed by atoms with E-state index in [1.54, 1.807) is 36.4 Å². The average molecular weight is 416 g/mol. The number of anilines is 1. The third kappa shape index (κ3) is 3.38. The van der Waals surface area contributed by atoms with Gasteiger partial charge in [0.15, 0.2) is 11.5 Å². The van der Waals surface area contributed by atoms with Crippen LogP contribution in [0.2, 0.25) is 0 Å². The summed E-state index contributed by atoms with van der Waals surface area (Å²) in [5.41, 5.74) is 1.94. The molecular weight excluding hydrogens is 396 g/mol. The van der Waals surface area contributed by atoms with E-state index in [0.717, 1.165) is 18.4 Å². The van der Waals surface area contributed by atoms with Gasteiger partial charge in [-0.1, -0.05) is 30.3 Å². The summed E-state index contributed by atoms with van der Waals surface area (Å²) in [5, 5.41) is 2.95. The molecular formula is C24H20N2O5. The number of esters is 1. The van der Waals surface area contributed by atoms with E-state index in [4.69, 9.17) is 14.2 Å². The fourth-order valence-electron chi connectivity index (χ4n) is 3.85. The molecule has 2 heterocycles. The number of hydrogen-bond acceptors (Lipinski definition) is 6. The summed E-state index contributed by atoms with van der Waals surface area (Å²) in [5.74, 6) is 1.23. The van der Waals surface area contributed by atoms with Gasteiger partial charge in [-0.25, -0.2) is 9.78 Å². The minimum Gasteiger partial charge on any atom is -0.465 e. The van der Waals surface area contributed by atoms with Crippen LogP contribution in [0, 0.1) is 0 Å². The highest BCUT2D eigenvalue weighted by atomic mass is 16.7. The van der Waals surface area contributed by atoms with E-state index in [-0.39, 0.29) is 12.7 Å². The van der Waals surface area contributed by atoms with E-state index < -0.39 is 11.4 Å². The van der Waals surface area contributed by atoms with Gasteiger partial charge in [0, 0.05) is 5.56 Å². The van der Waals surface area contributed by atoms with Crippen molar-refractivity contribution in [2.24, 2.45) is 0 Å². The smallest absolute Gasteiger partial charge is 0.338 e. The molecule has 7 heteroatoms. The van der Waals surface area contributed by atoms with Crippen molar-refractivity contribution in [2.75, 3.05) is 19.2 Å². The topological polar surface area (TPSA) is 86.8 Å². The maximum Gasteiger partial charge on any atom is 0.338 e. The van der Waals surface area contributed by atoms with E-state index in [1.165, 1.54) is 7.11 Å². The number of carbonyl (C=O) groups is 2. The van der Waals surface area contributed by atoms with Crippen molar-refractivity contribution in [3.8, 4) is 22.8 Å². The average Bonchev–Trinajstić information content (AvgIpc) is 3.49. The van der Waals surface area contributed by atoms with Gasteiger partial charge in [0.2, 0.25) is 12.7 Å². The molecule has 1 aliphatic carbocycles. The number of ether oxygens (including phenoxy) is 3. The van der Waals surface area contributed by atoms with E-state index in [2.05, 4.69) is 10.3 Å². The van der Waals surface area contributed by atoms with Crippen molar-refractivity contribution in [2.45, 2.75) is 18.3 Å². The minimum atomic E-state index is -0.595. The van der Waals surface area contributed by atoms with Crippen LogP contribution in [0.4, 0.5) is 5.82 Å². The summed E-state index contributed by atoms with van der Waals surface area (Å²) in [6, 6.07) is 18.0. The molecule has 0 radical (unpaired) electrons. The van der Waals surface area contributed by atoms with Crippen molar-refractivity contribution in [1.29, 1.82) is 0 Å². The Labute approximate surface area is 179 Å². The molecule has 31 heavy (non-hydrogen) atoms. The molecule has 156 valence electrons. The molecule has 0 saturated heterocycles. The minimum absolute atomic E-state index is 0.114. The Morgan fingerprint density at radius 3 is 2.61 bits per heavy atom. The molecule has 3 aromatic rings. The van der Waals surface area contributed by atoms with Gasteiger partial charge in [0.25, 0.3) is 0 Å². The fraction of sp³-hybridized carbons (Fsp3) is 0.208. The van der Waals surface area contributed by atoms with Crippen LogP contribution in [-0.2, 0) is 14.9 Å². The van der Waals surface area contributed by atoms with Crippen molar-refractivity contribution in [3.63, 3.8) is 0 Å². The number of benzene rings is 2. The number of pyridine rings is 1. The molecule has 0 unspecified atom stereocenters. The summed E-state index contributed by atoms with van der Waals surface area (Å²) in [7, 11) is 1.34. The zero-order valence-electron chi connectivity index (χ0n) is 16.9. The lowest BCUT2D eigenvalue weighted by molar-refractivity contribution is -0.118. The van der Waals surface area contributed by atoms with E-state index >= 15 is 0 Å². The first-order valence-corrected chi connectivity index (χ1v) is 9.97. The third-order valence-electron chi connectivity index (χ3n) is 5.71. The van der Waals surface area contributed by atoms with E-state index in [9.17, 15) is 9.59 Å². The largest absolute Gasteiger partial charge is 0.465 e. The molecule has 2 aromatic carbocycles. The summed E-state index contributed by atoms with van der Waals surface area (Å²) in [6.07, 6.45) is 1.51. The Bertz CT molecular complexity index is 1190. The molecule has 0 atom stereocenters. The summed E-state index contributed by atoms with van der Waals surface area (Å²) in [6.45, 7) is 0.196. The Hall–Kier alpha value is -3.87. The normalized spacial score (nSPS) is 15.3. The van der Waals surface area contributed by atoms with E-state index in [1.807, 2.05) is 24.3 Å². The Kier molecular flexibility index (Phi) is 4.58. The molecule has 1 amide bonds. The molecule has 0 spiro atoms. The van der Waals surface area contributed by atoms with Crippen molar-refractivity contribution >= 4 is 17.7 Å². The van der Waals surface area contributed by atoms with Crippen LogP contribution >= 0.6 is 0 Å². The number of carbonyl (C=O) groups excluding carboxylic acids is 2. The van der Waals surface area contributed by atoms with Crippen LogP contribution < -0.4 is 14.8 Å². The molecule has 1 aliphatic heterocycles. The molecule has 1 aromatic heterocycles. The lowest BCUT2D eigenvalue weighted by Gasteiger charge is -2.16. The number of nitrogens with one attached hydrogen (secondary N) is 1. The van der Waals surface area contributed by atoms with Crippen molar-refractivity contribution in [1.82, 2.24) is 4.98 Å². The first-order valence-electron chi connectivity index (χ1n) is 9.97. The maximum absolute atomic E-state index is 13.2. The molecule has 7 nitrogen and oxygen atoms in total. The first kappa shape index (κ1) is 19.1. The highest BCUT2D eigenvalue weighted by molar-refractivity contribution is 6.01. The Morgan fingerprint density at radius 1 is 1.00 bits per heavy atom. The number of hydrogen-bond donors (Lipinski definition) is 1. The Balaban J connectivity index is 1.41. The SMILES string of the molecule is COC(=O)c1ccccc1-c1cccc(NC(=O)C2(c3ccc4c(c3)OCO4)CC2)n1. The van der Waals surface area contributed by atoms with Crippen LogP contribution in [-0.4, -0.2) is 30.8 Å². The van der Waals surface area contributed by atoms with Gasteiger partial charge in [0.05, 0.1) is 23.8 Å². The zero-order chi connectivity index (χ0) is 21.4. The number of amides is 1. The van der Waals surface area contributed by atoms with Gasteiger partial charge < -0.3 is 19.5 Å². The summed E-state index contributed by atoms with van der Waals surface area (Å²) in [4.78, 5) is 29.8. The molecule has 1 saturated carbocycles. The maximum atomic E-state index is 13.2. The van der Waals surface area contributed by atoms with Gasteiger partial charge in [-0.2, -0.15) is 0 Å². The monoisotopic (exact) mass is 416 g/mol. The van der Waals surface area contributed by atoms with Gasteiger partial charge in [-0.05, 0) is 48.7 Å². The van der Waals surface area contributed by atoms with Crippen molar-refractivity contribution in [3.05, 3.63) is 71.8 Å². The number of rotatable bonds is 5. The van der Waals surface area contributed by atoms with Crippen LogP contribution in [0.3, 0.4) is 0 Å². The number of methoxy groups -OCH3 is 1. The predicted octanol–water partition coefficient (Wildman–Crippen LogP) is 3.93. The third-order valence-corrected chi connectivity index (χ3v) is 5.71. The highest BCUT2D eigenvalue weighted by Crippen LogP contribution is 2.51. The quantitative estimate of drug-likeness (QED) is 0.634. The van der Waals surface area contributed by atoms with Crippen LogP contribution in [0.5, 0.6) is 11.5 Å². The van der Waals surface area contributed by atoms with E-state index in [0.29, 0.717) is 34.1 Å². The number of nitrogens with zero attached hydrogens (tertiary/aromatic N) is 1. The number of aromatic nitrogens is 1. The molecule has 2 aliphatic rings. The van der Waals surface area contributed by atoms with Gasteiger partial charge in [-0.3, -0.25) is 4.79 Å². The van der Waals surface area contributed by atoms with Gasteiger partial charge in [-0.15, -0.1) is 0 Å². The summed E-state index contributed by atoms with van der Waals surface area (Å²) < 4.78 is 15.7. The predicted molar refractivity (Wildman–Crippen MR) is 113 cm³/mol. The molecule has 1 fully saturated rings. The lowest BCUT2D eigenvalue weighted by atomic mass is 9.94. The zero-order valence-corrected chi connectivity index (χ0v) is 16.9. The van der Waals surface area contributed by atoms with Gasteiger partial charge in [0.1, 0.15) is 5.82 Å². The van der Waals surface area contributed by atoms with Crippen LogP contribution in [0.1, 0.15) is 28.8 Å². The fourth-order valence-corrected chi connectivity index (χ4v) is 3.85. The van der Waals surface area contributed by atoms with Crippen molar-refractivity contribution < 1.29 is 23.8 Å². The molecule has 0 bridgehead atoms. The lowest BCUT2D eigenvalue weighted by Crippen LogP contribution is -2.28. The van der Waals surface area contributed by atoms with Crippen LogP contribution in [0.15, 0.2) is 60.7 Å². The second-order valence-electron chi connectivity index (χ2n) is 7.55. The second-order valence-corrected chi connectivity index (χ2v) is 7.55. The van der Waals surface area contributed by atoms with Gasteiger partial charge >= 0.3 is 5.97 Å². The molecule has 5 rings (SSSR count). The second kappa shape index (κ2) is 7.43.